The van der Waals surface area contributed by atoms with Crippen LogP contribution in [0.1, 0.15) is 18.9 Å². The van der Waals surface area contributed by atoms with Crippen LogP contribution in [0.3, 0.4) is 0 Å². The molecule has 6 heteroatoms. The van der Waals surface area contributed by atoms with Gasteiger partial charge in [0.25, 0.3) is 0 Å². The highest BCUT2D eigenvalue weighted by Gasteiger charge is 2.20. The number of nitriles is 2. The summed E-state index contributed by atoms with van der Waals surface area (Å²) in [6, 6.07) is 9.15. The van der Waals surface area contributed by atoms with Crippen LogP contribution in [0.25, 0.3) is 0 Å². The summed E-state index contributed by atoms with van der Waals surface area (Å²) in [5, 5.41) is 17.3. The monoisotopic (exact) mass is 249 g/mol. The highest BCUT2D eigenvalue weighted by molar-refractivity contribution is 7.89. The molecule has 1 N–H and O–H groups in total. The van der Waals surface area contributed by atoms with Crippen molar-refractivity contribution in [3.05, 3.63) is 29.8 Å². The lowest BCUT2D eigenvalue weighted by molar-refractivity contribution is 0.563. The summed E-state index contributed by atoms with van der Waals surface area (Å²) >= 11 is 0. The van der Waals surface area contributed by atoms with E-state index < -0.39 is 16.1 Å². The number of hydrogen-bond acceptors (Lipinski definition) is 4. The molecular weight excluding hydrogens is 238 g/mol. The minimum absolute atomic E-state index is 0.0627. The molecule has 0 saturated heterocycles. The first-order chi connectivity index (χ1) is 8.01. The van der Waals surface area contributed by atoms with Gasteiger partial charge < -0.3 is 0 Å². The van der Waals surface area contributed by atoms with E-state index in [-0.39, 0.29) is 16.9 Å². The van der Waals surface area contributed by atoms with Crippen LogP contribution in [0.5, 0.6) is 0 Å². The van der Waals surface area contributed by atoms with Crippen molar-refractivity contribution in [3.8, 4) is 12.1 Å². The van der Waals surface area contributed by atoms with Gasteiger partial charge >= 0.3 is 0 Å². The molecule has 17 heavy (non-hydrogen) atoms. The minimum atomic E-state index is -3.75. The quantitative estimate of drug-likeness (QED) is 0.865. The maximum absolute atomic E-state index is 11.9. The van der Waals surface area contributed by atoms with Crippen molar-refractivity contribution in [3.63, 3.8) is 0 Å². The van der Waals surface area contributed by atoms with Crippen molar-refractivity contribution in [2.75, 3.05) is 0 Å². The van der Waals surface area contributed by atoms with Crippen LogP contribution in [-0.2, 0) is 10.0 Å². The van der Waals surface area contributed by atoms with Crippen molar-refractivity contribution in [2.45, 2.75) is 24.3 Å². The van der Waals surface area contributed by atoms with Gasteiger partial charge in [0.05, 0.1) is 22.9 Å². The fourth-order valence-electron chi connectivity index (χ4n) is 1.30. The third-order valence-corrected chi connectivity index (χ3v) is 3.70. The second kappa shape index (κ2) is 5.44. The Balaban J connectivity index is 3.07. The molecule has 0 aliphatic heterocycles. The van der Waals surface area contributed by atoms with Gasteiger partial charge in [-0.3, -0.25) is 0 Å². The Bertz CT molecular complexity index is 581. The smallest absolute Gasteiger partial charge is 0.207 e. The van der Waals surface area contributed by atoms with Crippen LogP contribution >= 0.6 is 0 Å². The zero-order chi connectivity index (χ0) is 12.9. The molecule has 0 bridgehead atoms. The van der Waals surface area contributed by atoms with Gasteiger partial charge in [0.2, 0.25) is 10.0 Å². The lowest BCUT2D eigenvalue weighted by atomic mass is 10.2. The normalized spacial score (nSPS) is 12.4. The second-order valence-corrected chi connectivity index (χ2v) is 5.17. The molecule has 0 amide bonds. The molecule has 0 fully saturated rings. The third kappa shape index (κ3) is 3.28. The summed E-state index contributed by atoms with van der Waals surface area (Å²) in [7, 11) is -3.75. The van der Waals surface area contributed by atoms with Crippen LogP contribution in [0.15, 0.2) is 29.2 Å². The zero-order valence-corrected chi connectivity index (χ0v) is 10.0. The molecule has 5 nitrogen and oxygen atoms in total. The standard InChI is InChI=1S/C11H11N3O2S/c1-9(6-7-12)14-17(15,16)11-5-3-2-4-10(11)8-13/h2-5,9,14H,6H2,1H3. The Hall–Kier alpha value is -1.89. The van der Waals surface area contributed by atoms with Gasteiger partial charge in [0, 0.05) is 6.04 Å². The minimum Gasteiger partial charge on any atom is -0.207 e. The van der Waals surface area contributed by atoms with Crippen LogP contribution in [-0.4, -0.2) is 14.5 Å². The first-order valence-electron chi connectivity index (χ1n) is 4.89. The summed E-state index contributed by atoms with van der Waals surface area (Å²) in [5.74, 6) is 0. The lowest BCUT2D eigenvalue weighted by Gasteiger charge is -2.11. The van der Waals surface area contributed by atoms with E-state index >= 15 is 0 Å². The molecule has 88 valence electrons. The van der Waals surface area contributed by atoms with Crippen molar-refractivity contribution in [2.24, 2.45) is 0 Å². The van der Waals surface area contributed by atoms with Crippen LogP contribution in [0.2, 0.25) is 0 Å². The lowest BCUT2D eigenvalue weighted by Crippen LogP contribution is -2.32. The fraction of sp³-hybridized carbons (Fsp3) is 0.273. The van der Waals surface area contributed by atoms with Gasteiger partial charge in [-0.25, -0.2) is 13.1 Å². The summed E-state index contributed by atoms with van der Waals surface area (Å²) in [4.78, 5) is -0.0627. The predicted octanol–water partition coefficient (Wildman–Crippen LogP) is 1.14. The van der Waals surface area contributed by atoms with Crippen molar-refractivity contribution < 1.29 is 8.42 Å². The van der Waals surface area contributed by atoms with Crippen LogP contribution in [0, 0.1) is 22.7 Å². The van der Waals surface area contributed by atoms with Crippen LogP contribution < -0.4 is 4.72 Å². The molecule has 0 aliphatic rings. The fourth-order valence-corrected chi connectivity index (χ4v) is 2.70. The van der Waals surface area contributed by atoms with Gasteiger partial charge in [-0.15, -0.1) is 0 Å². The number of nitrogens with one attached hydrogen (secondary N) is 1. The summed E-state index contributed by atoms with van der Waals surface area (Å²) < 4.78 is 26.2. The number of rotatable bonds is 4. The summed E-state index contributed by atoms with van der Waals surface area (Å²) in [6.45, 7) is 1.59. The zero-order valence-electron chi connectivity index (χ0n) is 9.21. The Morgan fingerprint density at radius 1 is 1.35 bits per heavy atom. The highest BCUT2D eigenvalue weighted by atomic mass is 32.2. The molecule has 1 rings (SSSR count). The molecule has 0 spiro atoms. The van der Waals surface area contributed by atoms with E-state index in [1.165, 1.54) is 12.1 Å². The van der Waals surface area contributed by atoms with Crippen molar-refractivity contribution in [1.29, 1.82) is 10.5 Å². The number of benzene rings is 1. The largest absolute Gasteiger partial charge is 0.242 e. The average Bonchev–Trinajstić information content (AvgIpc) is 2.28. The van der Waals surface area contributed by atoms with Crippen molar-refractivity contribution >= 4 is 10.0 Å². The van der Waals surface area contributed by atoms with Gasteiger partial charge in [0.15, 0.2) is 0 Å². The maximum Gasteiger partial charge on any atom is 0.242 e. The first kappa shape index (κ1) is 13.2. The molecule has 1 unspecified atom stereocenters. The Labute approximate surface area is 100 Å². The van der Waals surface area contributed by atoms with E-state index in [0.717, 1.165) is 0 Å². The molecule has 0 heterocycles. The average molecular weight is 249 g/mol. The van der Waals surface area contributed by atoms with E-state index in [0.29, 0.717) is 0 Å². The van der Waals surface area contributed by atoms with Gasteiger partial charge in [-0.05, 0) is 19.1 Å². The SMILES string of the molecule is CC(CC#N)NS(=O)(=O)c1ccccc1C#N. The van der Waals surface area contributed by atoms with E-state index in [2.05, 4.69) is 4.72 Å². The molecule has 1 atom stereocenters. The third-order valence-electron chi connectivity index (χ3n) is 2.05. The van der Waals surface area contributed by atoms with E-state index in [1.807, 2.05) is 12.1 Å². The van der Waals surface area contributed by atoms with E-state index in [1.54, 1.807) is 19.1 Å². The Kier molecular flexibility index (Phi) is 4.22. The van der Waals surface area contributed by atoms with Gasteiger partial charge in [-0.1, -0.05) is 12.1 Å². The Morgan fingerprint density at radius 3 is 2.59 bits per heavy atom. The Morgan fingerprint density at radius 2 is 2.00 bits per heavy atom. The molecule has 0 aliphatic carbocycles. The first-order valence-corrected chi connectivity index (χ1v) is 6.38. The topological polar surface area (TPSA) is 93.8 Å². The van der Waals surface area contributed by atoms with Crippen molar-refractivity contribution in [1.82, 2.24) is 4.72 Å². The van der Waals surface area contributed by atoms with Gasteiger partial charge in [-0.2, -0.15) is 10.5 Å². The molecule has 0 aromatic heterocycles. The molecule has 0 saturated carbocycles. The van der Waals surface area contributed by atoms with Crippen LogP contribution in [0.4, 0.5) is 0 Å². The number of sulfonamides is 1. The number of nitrogens with zero attached hydrogens (tertiary/aromatic N) is 2. The molecule has 1 aromatic rings. The summed E-state index contributed by atoms with van der Waals surface area (Å²) in [6.07, 6.45) is 0.0773. The molecular formula is C11H11N3O2S. The molecule has 0 radical (unpaired) electrons. The number of hydrogen-bond donors (Lipinski definition) is 1. The van der Waals surface area contributed by atoms with Gasteiger partial charge in [0.1, 0.15) is 6.07 Å². The maximum atomic E-state index is 11.9. The summed E-state index contributed by atoms with van der Waals surface area (Å²) in [5.41, 5.74) is 0.0872. The highest BCUT2D eigenvalue weighted by Crippen LogP contribution is 2.14. The van der Waals surface area contributed by atoms with E-state index in [4.69, 9.17) is 10.5 Å². The van der Waals surface area contributed by atoms with E-state index in [9.17, 15) is 8.42 Å². The molecule has 1 aromatic carbocycles. The second-order valence-electron chi connectivity index (χ2n) is 3.49. The predicted molar refractivity (Wildman–Crippen MR) is 61.2 cm³/mol.